The van der Waals surface area contributed by atoms with Gasteiger partial charge in [0.1, 0.15) is 5.75 Å². The van der Waals surface area contributed by atoms with Gasteiger partial charge in [0, 0.05) is 24.4 Å². The zero-order valence-electron chi connectivity index (χ0n) is 11.9. The van der Waals surface area contributed by atoms with E-state index in [1.807, 2.05) is 12.3 Å². The summed E-state index contributed by atoms with van der Waals surface area (Å²) in [5.74, 6) is 0.862. The maximum atomic E-state index is 5.70. The van der Waals surface area contributed by atoms with Crippen LogP contribution in [0.25, 0.3) is 0 Å². The van der Waals surface area contributed by atoms with Crippen molar-refractivity contribution in [1.29, 1.82) is 0 Å². The number of rotatable bonds is 7. The van der Waals surface area contributed by atoms with E-state index in [1.54, 1.807) is 13.3 Å². The fraction of sp³-hybridized carbons (Fsp3) is 0.667. The molecule has 0 amide bonds. The van der Waals surface area contributed by atoms with Gasteiger partial charge in [-0.1, -0.05) is 6.92 Å². The molecule has 1 aliphatic heterocycles. The van der Waals surface area contributed by atoms with Crippen molar-refractivity contribution in [3.8, 4) is 5.75 Å². The number of nitrogens with one attached hydrogen (secondary N) is 1. The maximum Gasteiger partial charge on any atom is 0.141 e. The third-order valence-electron chi connectivity index (χ3n) is 3.66. The van der Waals surface area contributed by atoms with Gasteiger partial charge in [-0.15, -0.1) is 0 Å². The third kappa shape index (κ3) is 3.91. The van der Waals surface area contributed by atoms with Crippen LogP contribution in [0, 0.1) is 0 Å². The van der Waals surface area contributed by atoms with Crippen LogP contribution in [0.3, 0.4) is 0 Å². The molecule has 1 saturated heterocycles. The third-order valence-corrected chi connectivity index (χ3v) is 3.66. The van der Waals surface area contributed by atoms with E-state index in [2.05, 4.69) is 17.2 Å². The molecule has 2 unspecified atom stereocenters. The summed E-state index contributed by atoms with van der Waals surface area (Å²) in [5.41, 5.74) is 1.19. The molecule has 1 fully saturated rings. The Balaban J connectivity index is 2.01. The van der Waals surface area contributed by atoms with Gasteiger partial charge in [0.15, 0.2) is 0 Å². The average molecular weight is 264 g/mol. The van der Waals surface area contributed by atoms with Crippen LogP contribution in [0.4, 0.5) is 0 Å². The molecule has 1 N–H and O–H groups in total. The first-order valence-electron chi connectivity index (χ1n) is 7.18. The van der Waals surface area contributed by atoms with Gasteiger partial charge in [-0.05, 0) is 38.3 Å². The monoisotopic (exact) mass is 264 g/mol. The summed E-state index contributed by atoms with van der Waals surface area (Å²) < 4.78 is 11.1. The van der Waals surface area contributed by atoms with Crippen LogP contribution >= 0.6 is 0 Å². The summed E-state index contributed by atoms with van der Waals surface area (Å²) in [7, 11) is 1.70. The lowest BCUT2D eigenvalue weighted by atomic mass is 9.99. The van der Waals surface area contributed by atoms with Crippen molar-refractivity contribution in [2.24, 2.45) is 0 Å². The molecule has 0 bridgehead atoms. The predicted octanol–water partition coefficient (Wildman–Crippen LogP) is 2.70. The molecule has 2 atom stereocenters. The van der Waals surface area contributed by atoms with Crippen LogP contribution in [0.1, 0.15) is 44.2 Å². The van der Waals surface area contributed by atoms with Gasteiger partial charge < -0.3 is 14.8 Å². The van der Waals surface area contributed by atoms with Crippen molar-refractivity contribution in [3.63, 3.8) is 0 Å². The van der Waals surface area contributed by atoms with Gasteiger partial charge in [0.05, 0.1) is 19.4 Å². The van der Waals surface area contributed by atoms with Crippen LogP contribution in [-0.4, -0.2) is 31.3 Å². The van der Waals surface area contributed by atoms with Crippen LogP contribution in [0.5, 0.6) is 5.75 Å². The number of aromatic nitrogens is 1. The molecule has 106 valence electrons. The van der Waals surface area contributed by atoms with Crippen LogP contribution < -0.4 is 10.1 Å². The van der Waals surface area contributed by atoms with E-state index >= 15 is 0 Å². The molecule has 0 aliphatic carbocycles. The van der Waals surface area contributed by atoms with E-state index in [0.29, 0.717) is 12.1 Å². The molecule has 2 heterocycles. The lowest BCUT2D eigenvalue weighted by Gasteiger charge is -2.21. The fourth-order valence-electron chi connectivity index (χ4n) is 2.69. The Kier molecular flexibility index (Phi) is 5.61. The van der Waals surface area contributed by atoms with E-state index in [1.165, 1.54) is 18.4 Å². The fourth-order valence-corrected chi connectivity index (χ4v) is 2.69. The smallest absolute Gasteiger partial charge is 0.141 e. The first kappa shape index (κ1) is 14.3. The molecule has 1 aromatic heterocycles. The summed E-state index contributed by atoms with van der Waals surface area (Å²) in [5, 5.41) is 3.53. The summed E-state index contributed by atoms with van der Waals surface area (Å²) in [4.78, 5) is 4.12. The Morgan fingerprint density at radius 3 is 3.16 bits per heavy atom. The number of nitrogens with zero attached hydrogens (tertiary/aromatic N) is 1. The summed E-state index contributed by atoms with van der Waals surface area (Å²) in [6.45, 7) is 4.00. The molecule has 0 saturated carbocycles. The molecule has 0 spiro atoms. The largest absolute Gasteiger partial charge is 0.495 e. The van der Waals surface area contributed by atoms with Crippen molar-refractivity contribution in [3.05, 3.63) is 24.0 Å². The molecule has 4 nitrogen and oxygen atoms in total. The molecular formula is C15H24N2O2. The van der Waals surface area contributed by atoms with E-state index in [4.69, 9.17) is 9.47 Å². The van der Waals surface area contributed by atoms with Crippen molar-refractivity contribution in [2.75, 3.05) is 20.3 Å². The summed E-state index contributed by atoms with van der Waals surface area (Å²) in [6.07, 6.45) is 8.62. The van der Waals surface area contributed by atoms with Crippen molar-refractivity contribution >= 4 is 0 Å². The molecule has 0 radical (unpaired) electrons. The van der Waals surface area contributed by atoms with E-state index in [-0.39, 0.29) is 0 Å². The van der Waals surface area contributed by atoms with Crippen molar-refractivity contribution in [2.45, 2.75) is 44.8 Å². The first-order valence-corrected chi connectivity index (χ1v) is 7.18. The van der Waals surface area contributed by atoms with Gasteiger partial charge in [-0.3, -0.25) is 4.98 Å². The van der Waals surface area contributed by atoms with Crippen molar-refractivity contribution in [1.82, 2.24) is 10.3 Å². The number of methoxy groups -OCH3 is 1. The maximum absolute atomic E-state index is 5.70. The predicted molar refractivity (Wildman–Crippen MR) is 75.4 cm³/mol. The number of pyridine rings is 1. The highest BCUT2D eigenvalue weighted by Crippen LogP contribution is 2.29. The minimum Gasteiger partial charge on any atom is -0.495 e. The Morgan fingerprint density at radius 2 is 2.47 bits per heavy atom. The Hall–Kier alpha value is -1.13. The van der Waals surface area contributed by atoms with Gasteiger partial charge in [-0.25, -0.2) is 0 Å². The second kappa shape index (κ2) is 7.46. The van der Waals surface area contributed by atoms with E-state index in [9.17, 15) is 0 Å². The number of hydrogen-bond acceptors (Lipinski definition) is 4. The van der Waals surface area contributed by atoms with Gasteiger partial charge in [0.25, 0.3) is 0 Å². The van der Waals surface area contributed by atoms with Crippen molar-refractivity contribution < 1.29 is 9.47 Å². The lowest BCUT2D eigenvalue weighted by Crippen LogP contribution is -2.23. The normalized spacial score (nSPS) is 20.4. The van der Waals surface area contributed by atoms with Crippen LogP contribution in [-0.2, 0) is 4.74 Å². The topological polar surface area (TPSA) is 43.4 Å². The quantitative estimate of drug-likeness (QED) is 0.822. The first-order chi connectivity index (χ1) is 9.35. The van der Waals surface area contributed by atoms with Gasteiger partial charge >= 0.3 is 0 Å². The van der Waals surface area contributed by atoms with E-state index < -0.39 is 0 Å². The zero-order valence-corrected chi connectivity index (χ0v) is 11.9. The Labute approximate surface area is 115 Å². The highest BCUT2D eigenvalue weighted by molar-refractivity contribution is 5.32. The van der Waals surface area contributed by atoms with Crippen LogP contribution in [0.15, 0.2) is 18.5 Å². The van der Waals surface area contributed by atoms with Crippen LogP contribution in [0.2, 0.25) is 0 Å². The van der Waals surface area contributed by atoms with Gasteiger partial charge in [-0.2, -0.15) is 0 Å². The van der Waals surface area contributed by atoms with E-state index in [0.717, 1.165) is 31.7 Å². The Morgan fingerprint density at radius 1 is 1.58 bits per heavy atom. The second-order valence-corrected chi connectivity index (χ2v) is 4.94. The summed E-state index contributed by atoms with van der Waals surface area (Å²) >= 11 is 0. The zero-order chi connectivity index (χ0) is 13.5. The second-order valence-electron chi connectivity index (χ2n) is 4.94. The van der Waals surface area contributed by atoms with Gasteiger partial charge in [0.2, 0.25) is 0 Å². The average Bonchev–Trinajstić information content (AvgIpc) is 2.96. The number of ether oxygens (including phenoxy) is 2. The molecule has 4 heteroatoms. The molecular weight excluding hydrogens is 240 g/mol. The SMILES string of the molecule is CCNC(CCC1CCCO1)c1ccncc1OC. The Bertz CT molecular complexity index is 378. The minimum absolute atomic E-state index is 0.312. The molecule has 19 heavy (non-hydrogen) atoms. The standard InChI is InChI=1S/C15H24N2O2/c1-3-17-14(7-6-12-5-4-10-19-12)13-8-9-16-11-15(13)18-2/h8-9,11-12,14,17H,3-7,10H2,1-2H3. The summed E-state index contributed by atoms with van der Waals surface area (Å²) in [6, 6.07) is 2.36. The molecule has 1 aromatic rings. The molecule has 2 rings (SSSR count). The molecule has 0 aromatic carbocycles. The lowest BCUT2D eigenvalue weighted by molar-refractivity contribution is 0.0995. The molecule has 1 aliphatic rings. The highest BCUT2D eigenvalue weighted by Gasteiger charge is 2.20. The highest BCUT2D eigenvalue weighted by atomic mass is 16.5. The number of hydrogen-bond donors (Lipinski definition) is 1. The minimum atomic E-state index is 0.312.